The van der Waals surface area contributed by atoms with E-state index in [0.29, 0.717) is 30.1 Å². The molecule has 0 bridgehead atoms. The zero-order valence-electron chi connectivity index (χ0n) is 37.8. The van der Waals surface area contributed by atoms with Crippen LogP contribution in [0.3, 0.4) is 0 Å². The van der Waals surface area contributed by atoms with Gasteiger partial charge in [0.1, 0.15) is 35.0 Å². The molecule has 11 nitrogen and oxygen atoms in total. The van der Waals surface area contributed by atoms with Crippen molar-refractivity contribution in [2.75, 3.05) is 20.8 Å². The number of aryl methyl sites for hydroxylation is 1. The molecule has 1 aromatic heterocycles. The summed E-state index contributed by atoms with van der Waals surface area (Å²) in [6.45, 7) is 4.22. The first kappa shape index (κ1) is 46.3. The van der Waals surface area contributed by atoms with Crippen LogP contribution in [-0.2, 0) is 24.6 Å². The number of nitrogens with one attached hydrogen (secondary N) is 1. The Morgan fingerprint density at radius 1 is 0.762 bits per heavy atom. The maximum atomic E-state index is 13.9. The normalized spacial score (nSPS) is 23.6. The summed E-state index contributed by atoms with van der Waals surface area (Å²) in [5.41, 5.74) is -3.13. The lowest BCUT2D eigenvalue weighted by atomic mass is 9.79. The zero-order chi connectivity index (χ0) is 44.5. The van der Waals surface area contributed by atoms with Crippen molar-refractivity contribution >= 4 is 5.97 Å². The number of rotatable bonds is 25. The van der Waals surface area contributed by atoms with Crippen molar-refractivity contribution in [3.63, 3.8) is 0 Å². The Bertz CT molecular complexity index is 2170. The number of hydrogen-bond acceptors (Lipinski definition) is 9. The Kier molecular flexibility index (Phi) is 15.0. The summed E-state index contributed by atoms with van der Waals surface area (Å²) in [6.07, 6.45) is 17.8. The number of aliphatic hydroxyl groups is 1. The molecule has 0 spiro atoms. The van der Waals surface area contributed by atoms with Crippen molar-refractivity contribution in [2.24, 2.45) is 5.41 Å². The van der Waals surface area contributed by atoms with Crippen LogP contribution in [0.2, 0.25) is 0 Å². The average Bonchev–Trinajstić information content (AvgIpc) is 3.64. The third-order valence-electron chi connectivity index (χ3n) is 14.0. The SMILES string of the molecule is CCCCCCCCCCCCCCCCOC(=O)C[C@]12C[C@]3(O)C[C@H](n4cc(C)c(=O)[nH]c4=O)OC3[C@@]1(OC(c1ccccc1)(c1ccc(OC)cc1)c1ccc(OC)cc1)C2. The van der Waals surface area contributed by atoms with Crippen molar-refractivity contribution < 1.29 is 33.6 Å². The fourth-order valence-electron chi connectivity index (χ4n) is 10.6. The number of aromatic nitrogens is 2. The van der Waals surface area contributed by atoms with Crippen LogP contribution in [0, 0.1) is 12.3 Å². The monoisotopic (exact) mass is 864 g/mol. The topological polar surface area (TPSA) is 138 Å². The summed E-state index contributed by atoms with van der Waals surface area (Å²) in [5, 5.41) is 12.7. The van der Waals surface area contributed by atoms with Crippen LogP contribution >= 0.6 is 0 Å². The lowest BCUT2D eigenvalue weighted by Crippen LogP contribution is -2.48. The number of carbonyl (C=O) groups excluding carboxylic acids is 1. The molecule has 3 aromatic carbocycles. The van der Waals surface area contributed by atoms with E-state index in [0.717, 1.165) is 36.0 Å². The van der Waals surface area contributed by atoms with Gasteiger partial charge in [-0.25, -0.2) is 4.79 Å². The number of aromatic amines is 1. The van der Waals surface area contributed by atoms with Crippen molar-refractivity contribution in [1.29, 1.82) is 0 Å². The molecular formula is C52H68N2O9. The molecule has 11 heteroatoms. The highest BCUT2D eigenvalue weighted by Gasteiger charge is 2.86. The molecule has 2 saturated carbocycles. The van der Waals surface area contributed by atoms with E-state index in [9.17, 15) is 19.5 Å². The molecule has 4 aromatic rings. The fourth-order valence-corrected chi connectivity index (χ4v) is 10.6. The number of fused-ring (bicyclic) bond motifs is 3. The average molecular weight is 865 g/mol. The highest BCUT2D eigenvalue weighted by Crippen LogP contribution is 2.78. The molecule has 1 saturated heterocycles. The fraction of sp³-hybridized carbons (Fsp3) is 0.558. The van der Waals surface area contributed by atoms with Gasteiger partial charge in [-0.15, -0.1) is 0 Å². The molecule has 2 N–H and O–H groups in total. The number of benzene rings is 3. The van der Waals surface area contributed by atoms with E-state index in [1.807, 2.05) is 78.9 Å². The van der Waals surface area contributed by atoms with Gasteiger partial charge in [-0.05, 0) is 67.1 Å². The second-order valence-corrected chi connectivity index (χ2v) is 18.4. The molecule has 3 aliphatic rings. The van der Waals surface area contributed by atoms with E-state index >= 15 is 0 Å². The van der Waals surface area contributed by atoms with Gasteiger partial charge in [0.2, 0.25) is 0 Å². The van der Waals surface area contributed by atoms with E-state index in [4.69, 9.17) is 23.7 Å². The number of hydrogen-bond donors (Lipinski definition) is 2. The highest BCUT2D eigenvalue weighted by molar-refractivity contribution is 5.72. The van der Waals surface area contributed by atoms with Crippen LogP contribution in [0.15, 0.2) is 94.6 Å². The molecule has 63 heavy (non-hydrogen) atoms. The lowest BCUT2D eigenvalue weighted by Gasteiger charge is -2.42. The predicted molar refractivity (Wildman–Crippen MR) is 243 cm³/mol. The largest absolute Gasteiger partial charge is 0.497 e. The Balaban J connectivity index is 1.12. The summed E-state index contributed by atoms with van der Waals surface area (Å²) in [5.74, 6) is 1.02. The summed E-state index contributed by atoms with van der Waals surface area (Å²) in [4.78, 5) is 41.9. The number of methoxy groups -OCH3 is 2. The molecule has 3 fully saturated rings. The van der Waals surface area contributed by atoms with Gasteiger partial charge in [0.15, 0.2) is 0 Å². The van der Waals surface area contributed by atoms with E-state index in [2.05, 4.69) is 11.9 Å². The molecule has 340 valence electrons. The van der Waals surface area contributed by atoms with Crippen LogP contribution in [0.25, 0.3) is 0 Å². The predicted octanol–water partition coefficient (Wildman–Crippen LogP) is 9.84. The molecule has 2 aliphatic carbocycles. The molecule has 1 unspecified atom stereocenters. The maximum Gasteiger partial charge on any atom is 0.330 e. The summed E-state index contributed by atoms with van der Waals surface area (Å²) >= 11 is 0. The minimum absolute atomic E-state index is 0.0340. The van der Waals surface area contributed by atoms with E-state index in [1.165, 1.54) is 81.4 Å². The Hall–Kier alpha value is -4.71. The van der Waals surface area contributed by atoms with Gasteiger partial charge in [-0.3, -0.25) is 19.1 Å². The first-order valence-corrected chi connectivity index (χ1v) is 23.4. The molecule has 2 heterocycles. The number of unbranched alkanes of at least 4 members (excludes halogenated alkanes) is 13. The van der Waals surface area contributed by atoms with Gasteiger partial charge >= 0.3 is 11.7 Å². The Morgan fingerprint density at radius 3 is 1.83 bits per heavy atom. The van der Waals surface area contributed by atoms with Crippen molar-refractivity contribution in [1.82, 2.24) is 9.55 Å². The van der Waals surface area contributed by atoms with Gasteiger partial charge in [0, 0.05) is 23.6 Å². The van der Waals surface area contributed by atoms with Crippen LogP contribution in [0.5, 0.6) is 11.5 Å². The summed E-state index contributed by atoms with van der Waals surface area (Å²) in [7, 11) is 3.25. The molecule has 0 radical (unpaired) electrons. The summed E-state index contributed by atoms with van der Waals surface area (Å²) < 4.78 is 33.1. The number of esters is 1. The highest BCUT2D eigenvalue weighted by atomic mass is 16.6. The first-order valence-electron chi connectivity index (χ1n) is 23.4. The first-order chi connectivity index (χ1) is 30.5. The minimum atomic E-state index is -1.47. The van der Waals surface area contributed by atoms with Gasteiger partial charge in [-0.1, -0.05) is 145 Å². The second kappa shape index (κ2) is 20.4. The van der Waals surface area contributed by atoms with Gasteiger partial charge in [-0.2, -0.15) is 0 Å². The number of H-pyrrole nitrogens is 1. The Morgan fingerprint density at radius 2 is 1.29 bits per heavy atom. The molecular weight excluding hydrogens is 797 g/mol. The standard InChI is InChI=1S/C52H68N2O9/c1-5-6-7-8-9-10-11-12-13-14-15-16-17-21-32-61-45(55)34-49-36-50(58)33-44(54-35-38(2)46(56)53-48(54)57)62-47(50)51(49,37-49)63-52(39-22-19-18-20-23-39,40-24-28-42(59-3)29-25-40)41-26-30-43(60-4)31-27-41/h18-20,22-31,35,44,47,58H,5-17,21,32-34,36-37H2,1-4H3,(H,53,56,57)/t44-,47?,49-,50-,51+/m1/s1. The zero-order valence-corrected chi connectivity index (χ0v) is 37.8. The maximum absolute atomic E-state index is 13.9. The van der Waals surface area contributed by atoms with Crippen molar-refractivity contribution in [3.05, 3.63) is 128 Å². The third-order valence-corrected chi connectivity index (χ3v) is 14.0. The van der Waals surface area contributed by atoms with Crippen molar-refractivity contribution in [3.8, 4) is 11.5 Å². The number of ether oxygens (including phenoxy) is 5. The van der Waals surface area contributed by atoms with Crippen LogP contribution in [-0.4, -0.2) is 58.8 Å². The lowest BCUT2D eigenvalue weighted by molar-refractivity contribution is -0.170. The van der Waals surface area contributed by atoms with E-state index in [1.54, 1.807) is 21.1 Å². The molecule has 5 atom stereocenters. The van der Waals surface area contributed by atoms with E-state index < -0.39 is 45.8 Å². The van der Waals surface area contributed by atoms with Gasteiger partial charge < -0.3 is 28.8 Å². The minimum Gasteiger partial charge on any atom is -0.497 e. The van der Waals surface area contributed by atoms with Crippen LogP contribution in [0.4, 0.5) is 0 Å². The van der Waals surface area contributed by atoms with Crippen molar-refractivity contribution in [2.45, 2.75) is 159 Å². The molecule has 7 rings (SSSR count). The second-order valence-electron chi connectivity index (χ2n) is 18.4. The molecule has 1 aliphatic heterocycles. The molecule has 0 amide bonds. The number of carbonyl (C=O) groups is 1. The quantitative estimate of drug-likeness (QED) is 0.0379. The van der Waals surface area contributed by atoms with Crippen LogP contribution in [0.1, 0.15) is 151 Å². The summed E-state index contributed by atoms with van der Waals surface area (Å²) in [6, 6.07) is 25.4. The van der Waals surface area contributed by atoms with Gasteiger partial charge in [0.25, 0.3) is 5.56 Å². The smallest absolute Gasteiger partial charge is 0.330 e. The number of nitrogens with zero attached hydrogens (tertiary/aromatic N) is 1. The third kappa shape index (κ3) is 9.86. The van der Waals surface area contributed by atoms with E-state index in [-0.39, 0.29) is 25.2 Å². The Labute approximate surface area is 372 Å². The van der Waals surface area contributed by atoms with Crippen LogP contribution < -0.4 is 20.7 Å². The van der Waals surface area contributed by atoms with Gasteiger partial charge in [0.05, 0.1) is 32.8 Å².